The van der Waals surface area contributed by atoms with Crippen LogP contribution < -0.4 is 4.74 Å². The van der Waals surface area contributed by atoms with Crippen LogP contribution >= 0.6 is 11.6 Å². The molecular formula is C24H25ClN2O5. The largest absolute Gasteiger partial charge is 0.507 e. The van der Waals surface area contributed by atoms with Crippen LogP contribution in [0.5, 0.6) is 5.75 Å². The van der Waals surface area contributed by atoms with Crippen molar-refractivity contribution in [3.63, 3.8) is 0 Å². The van der Waals surface area contributed by atoms with Gasteiger partial charge in [0.25, 0.3) is 11.7 Å². The first kappa shape index (κ1) is 22.3. The lowest BCUT2D eigenvalue weighted by atomic mass is 9.95. The Morgan fingerprint density at radius 3 is 2.53 bits per heavy atom. The number of carbonyl (C=O) groups is 2. The highest BCUT2D eigenvalue weighted by atomic mass is 35.5. The Hall–Kier alpha value is -2.87. The Balaban J connectivity index is 1.74. The van der Waals surface area contributed by atoms with E-state index in [1.54, 1.807) is 49.6 Å². The van der Waals surface area contributed by atoms with Gasteiger partial charge in [-0.2, -0.15) is 0 Å². The van der Waals surface area contributed by atoms with Gasteiger partial charge in [-0.15, -0.1) is 0 Å². The maximum atomic E-state index is 13.1. The molecule has 2 aliphatic heterocycles. The summed E-state index contributed by atoms with van der Waals surface area (Å²) in [5.41, 5.74) is 1.18. The molecule has 168 valence electrons. The molecule has 1 atom stereocenters. The van der Waals surface area contributed by atoms with Gasteiger partial charge in [0.05, 0.1) is 31.9 Å². The molecule has 0 aromatic heterocycles. The normalized spacial score (nSPS) is 21.2. The molecule has 0 spiro atoms. The van der Waals surface area contributed by atoms with Crippen molar-refractivity contribution in [1.29, 1.82) is 0 Å². The number of likely N-dealkylation sites (tertiary alicyclic amines) is 1. The van der Waals surface area contributed by atoms with E-state index in [9.17, 15) is 14.7 Å². The second-order valence-electron chi connectivity index (χ2n) is 7.73. The molecule has 2 aromatic carbocycles. The minimum absolute atomic E-state index is 0.0625. The zero-order valence-corrected chi connectivity index (χ0v) is 18.5. The summed E-state index contributed by atoms with van der Waals surface area (Å²) in [7, 11) is 1.56. The predicted octanol–water partition coefficient (Wildman–Crippen LogP) is 3.10. The summed E-state index contributed by atoms with van der Waals surface area (Å²) < 4.78 is 10.7. The SMILES string of the molecule is COc1cccc([C@@H]2C(=C(O)c3ccc(Cl)cc3)C(=O)C(=O)N2CCN2CCOCC2)c1. The Bertz CT molecular complexity index is 1030. The Morgan fingerprint density at radius 1 is 1.12 bits per heavy atom. The first-order valence-electron chi connectivity index (χ1n) is 10.5. The first-order valence-corrected chi connectivity index (χ1v) is 10.9. The summed E-state index contributed by atoms with van der Waals surface area (Å²) in [6.07, 6.45) is 0. The average molecular weight is 457 g/mol. The lowest BCUT2D eigenvalue weighted by Gasteiger charge is -2.31. The molecule has 0 radical (unpaired) electrons. The average Bonchev–Trinajstić information content (AvgIpc) is 3.08. The molecule has 0 saturated carbocycles. The molecule has 2 aliphatic rings. The number of rotatable bonds is 6. The number of Topliss-reactive ketones (excluding diaryl/α,β-unsaturated/α-hetero) is 1. The molecule has 0 bridgehead atoms. The van der Waals surface area contributed by atoms with Crippen LogP contribution in [0.1, 0.15) is 17.2 Å². The van der Waals surface area contributed by atoms with Gasteiger partial charge in [0, 0.05) is 36.8 Å². The maximum absolute atomic E-state index is 13.1. The number of methoxy groups -OCH3 is 1. The van der Waals surface area contributed by atoms with E-state index >= 15 is 0 Å². The fourth-order valence-corrected chi connectivity index (χ4v) is 4.23. The van der Waals surface area contributed by atoms with Gasteiger partial charge in [-0.1, -0.05) is 23.7 Å². The summed E-state index contributed by atoms with van der Waals surface area (Å²) in [6, 6.07) is 13.0. The van der Waals surface area contributed by atoms with E-state index in [1.165, 1.54) is 4.90 Å². The third-order valence-electron chi connectivity index (χ3n) is 5.83. The van der Waals surface area contributed by atoms with Crippen molar-refractivity contribution in [2.45, 2.75) is 6.04 Å². The van der Waals surface area contributed by atoms with E-state index < -0.39 is 17.7 Å². The number of aliphatic hydroxyl groups excluding tert-OH is 1. The summed E-state index contributed by atoms with van der Waals surface area (Å²) in [5.74, 6) is -0.941. The number of ketones is 1. The molecule has 0 aliphatic carbocycles. The second-order valence-corrected chi connectivity index (χ2v) is 8.17. The highest BCUT2D eigenvalue weighted by molar-refractivity contribution is 6.46. The Kier molecular flexibility index (Phi) is 6.79. The van der Waals surface area contributed by atoms with Crippen molar-refractivity contribution >= 4 is 29.1 Å². The number of hydrogen-bond acceptors (Lipinski definition) is 6. The minimum Gasteiger partial charge on any atom is -0.507 e. The Labute approximate surface area is 191 Å². The van der Waals surface area contributed by atoms with Crippen LogP contribution in [-0.2, 0) is 14.3 Å². The molecule has 2 heterocycles. The zero-order valence-electron chi connectivity index (χ0n) is 17.8. The molecule has 32 heavy (non-hydrogen) atoms. The summed E-state index contributed by atoms with van der Waals surface area (Å²) in [6.45, 7) is 3.81. The van der Waals surface area contributed by atoms with Gasteiger partial charge in [-0.05, 0) is 42.0 Å². The van der Waals surface area contributed by atoms with Crippen molar-refractivity contribution in [3.8, 4) is 5.75 Å². The van der Waals surface area contributed by atoms with Crippen molar-refractivity contribution in [1.82, 2.24) is 9.80 Å². The van der Waals surface area contributed by atoms with Gasteiger partial charge in [0.15, 0.2) is 0 Å². The lowest BCUT2D eigenvalue weighted by molar-refractivity contribution is -0.140. The van der Waals surface area contributed by atoms with Gasteiger partial charge in [-0.25, -0.2) is 0 Å². The van der Waals surface area contributed by atoms with Gasteiger partial charge < -0.3 is 19.5 Å². The smallest absolute Gasteiger partial charge is 0.295 e. The molecule has 2 fully saturated rings. The van der Waals surface area contributed by atoms with E-state index in [2.05, 4.69) is 4.90 Å². The molecule has 0 unspecified atom stereocenters. The van der Waals surface area contributed by atoms with Crippen LogP contribution in [0.15, 0.2) is 54.1 Å². The molecule has 7 nitrogen and oxygen atoms in total. The van der Waals surface area contributed by atoms with Crippen molar-refractivity contribution in [2.75, 3.05) is 46.5 Å². The number of nitrogens with zero attached hydrogens (tertiary/aromatic N) is 2. The number of halogens is 1. The van der Waals surface area contributed by atoms with Gasteiger partial charge in [0.2, 0.25) is 0 Å². The standard InChI is InChI=1S/C24H25ClN2O5/c1-31-19-4-2-3-17(15-19)21-20(22(28)16-5-7-18(25)8-6-16)23(29)24(30)27(21)10-9-26-11-13-32-14-12-26/h2-8,15,21,28H,9-14H2,1H3/t21-/m1/s1. The number of carbonyl (C=O) groups excluding carboxylic acids is 2. The van der Waals surface area contributed by atoms with Crippen LogP contribution in [-0.4, -0.2) is 73.1 Å². The van der Waals surface area contributed by atoms with Crippen LogP contribution in [0.4, 0.5) is 0 Å². The van der Waals surface area contributed by atoms with Gasteiger partial charge in [-0.3, -0.25) is 14.5 Å². The van der Waals surface area contributed by atoms with Crippen LogP contribution in [0.25, 0.3) is 5.76 Å². The third kappa shape index (κ3) is 4.50. The van der Waals surface area contributed by atoms with E-state index in [0.29, 0.717) is 48.2 Å². The number of ether oxygens (including phenoxy) is 2. The fraction of sp³-hybridized carbons (Fsp3) is 0.333. The summed E-state index contributed by atoms with van der Waals surface area (Å²) in [4.78, 5) is 29.9. The summed E-state index contributed by atoms with van der Waals surface area (Å²) in [5, 5.41) is 11.6. The number of amides is 1. The maximum Gasteiger partial charge on any atom is 0.295 e. The molecule has 1 amide bonds. The van der Waals surface area contributed by atoms with E-state index in [4.69, 9.17) is 21.1 Å². The van der Waals surface area contributed by atoms with Crippen molar-refractivity contribution < 1.29 is 24.2 Å². The van der Waals surface area contributed by atoms with Crippen LogP contribution in [0, 0.1) is 0 Å². The highest BCUT2D eigenvalue weighted by Gasteiger charge is 2.46. The monoisotopic (exact) mass is 456 g/mol. The van der Waals surface area contributed by atoms with Gasteiger partial charge in [0.1, 0.15) is 11.5 Å². The number of aliphatic hydroxyl groups is 1. The first-order chi connectivity index (χ1) is 15.5. The number of benzene rings is 2. The van der Waals surface area contributed by atoms with Crippen LogP contribution in [0.3, 0.4) is 0 Å². The molecule has 8 heteroatoms. The second kappa shape index (κ2) is 9.73. The van der Waals surface area contributed by atoms with E-state index in [-0.39, 0.29) is 11.3 Å². The van der Waals surface area contributed by atoms with Crippen molar-refractivity contribution in [3.05, 3.63) is 70.3 Å². The van der Waals surface area contributed by atoms with Crippen molar-refractivity contribution in [2.24, 2.45) is 0 Å². The molecule has 4 rings (SSSR count). The highest BCUT2D eigenvalue weighted by Crippen LogP contribution is 2.40. The summed E-state index contributed by atoms with van der Waals surface area (Å²) >= 11 is 5.97. The van der Waals surface area contributed by atoms with Gasteiger partial charge >= 0.3 is 0 Å². The molecule has 2 aromatic rings. The number of morpholine rings is 1. The quantitative estimate of drug-likeness (QED) is 0.409. The predicted molar refractivity (Wildman–Crippen MR) is 121 cm³/mol. The minimum atomic E-state index is -0.721. The van der Waals surface area contributed by atoms with E-state index in [0.717, 1.165) is 13.1 Å². The molecular weight excluding hydrogens is 432 g/mol. The lowest BCUT2D eigenvalue weighted by Crippen LogP contribution is -2.42. The number of hydrogen-bond donors (Lipinski definition) is 1. The zero-order chi connectivity index (χ0) is 22.7. The molecule has 2 saturated heterocycles. The third-order valence-corrected chi connectivity index (χ3v) is 6.08. The topological polar surface area (TPSA) is 79.3 Å². The molecule has 1 N–H and O–H groups in total. The van der Waals surface area contributed by atoms with Crippen LogP contribution in [0.2, 0.25) is 5.02 Å². The van der Waals surface area contributed by atoms with E-state index in [1.807, 2.05) is 6.07 Å². The fourth-order valence-electron chi connectivity index (χ4n) is 4.11. The Morgan fingerprint density at radius 2 is 1.84 bits per heavy atom.